The second-order valence-electron chi connectivity index (χ2n) is 6.07. The topological polar surface area (TPSA) is 94.1 Å². The normalized spacial score (nSPS) is 10.4. The zero-order chi connectivity index (χ0) is 22.1. The molecule has 9 heteroatoms. The molecule has 3 rings (SSSR count). The smallest absolute Gasteiger partial charge is 0.345 e. The Morgan fingerprint density at radius 1 is 1.03 bits per heavy atom. The SMILES string of the molecule is COc1ccccc1NC(=S)NN=Cc1ccc(OC(=O)c2cccnc2)c(OC)c1. The van der Waals surface area contributed by atoms with Crippen molar-refractivity contribution in [2.45, 2.75) is 0 Å². The zero-order valence-corrected chi connectivity index (χ0v) is 17.7. The summed E-state index contributed by atoms with van der Waals surface area (Å²) in [6.45, 7) is 0. The van der Waals surface area contributed by atoms with E-state index in [0.717, 1.165) is 5.69 Å². The van der Waals surface area contributed by atoms with E-state index in [0.29, 0.717) is 27.7 Å². The summed E-state index contributed by atoms with van der Waals surface area (Å²) in [7, 11) is 3.07. The number of hydrazone groups is 1. The Morgan fingerprint density at radius 3 is 2.58 bits per heavy atom. The van der Waals surface area contributed by atoms with E-state index in [2.05, 4.69) is 20.8 Å². The van der Waals surface area contributed by atoms with Crippen LogP contribution in [0.1, 0.15) is 15.9 Å². The Bertz CT molecular complexity index is 1090. The van der Waals surface area contributed by atoms with Crippen LogP contribution in [0.5, 0.6) is 17.2 Å². The first-order chi connectivity index (χ1) is 15.1. The molecule has 0 fully saturated rings. The minimum Gasteiger partial charge on any atom is -0.495 e. The number of anilines is 1. The number of hydrogen-bond acceptors (Lipinski definition) is 7. The molecule has 0 bridgehead atoms. The molecule has 0 atom stereocenters. The van der Waals surface area contributed by atoms with Crippen LogP contribution in [0.25, 0.3) is 0 Å². The number of aromatic nitrogens is 1. The van der Waals surface area contributed by atoms with Crippen LogP contribution in [0.15, 0.2) is 72.1 Å². The monoisotopic (exact) mass is 436 g/mol. The Hall–Kier alpha value is -3.98. The Balaban J connectivity index is 1.62. The highest BCUT2D eigenvalue weighted by Gasteiger charge is 2.12. The van der Waals surface area contributed by atoms with Crippen molar-refractivity contribution in [1.29, 1.82) is 0 Å². The average Bonchev–Trinajstić information content (AvgIpc) is 2.80. The van der Waals surface area contributed by atoms with Gasteiger partial charge < -0.3 is 19.5 Å². The van der Waals surface area contributed by atoms with Gasteiger partial charge >= 0.3 is 5.97 Å². The fraction of sp³-hybridized carbons (Fsp3) is 0.0909. The molecule has 0 saturated carbocycles. The summed E-state index contributed by atoms with van der Waals surface area (Å²) in [5.74, 6) is 0.810. The van der Waals surface area contributed by atoms with Crippen LogP contribution in [-0.4, -0.2) is 36.5 Å². The molecule has 0 aliphatic carbocycles. The van der Waals surface area contributed by atoms with Crippen molar-refractivity contribution in [3.8, 4) is 17.2 Å². The van der Waals surface area contributed by atoms with Crippen LogP contribution in [0.4, 0.5) is 5.69 Å². The first-order valence-electron chi connectivity index (χ1n) is 9.14. The predicted molar refractivity (Wildman–Crippen MR) is 122 cm³/mol. The average molecular weight is 436 g/mol. The molecule has 31 heavy (non-hydrogen) atoms. The molecule has 2 aromatic carbocycles. The highest BCUT2D eigenvalue weighted by molar-refractivity contribution is 7.80. The number of thiocarbonyl (C=S) groups is 1. The Labute approximate surface area is 184 Å². The number of esters is 1. The summed E-state index contributed by atoms with van der Waals surface area (Å²) in [5, 5.41) is 7.43. The predicted octanol–water partition coefficient (Wildman–Crippen LogP) is 3.64. The number of carbonyl (C=O) groups excluding carboxylic acids is 1. The molecule has 8 nitrogen and oxygen atoms in total. The van der Waals surface area contributed by atoms with Gasteiger partial charge in [-0.05, 0) is 60.2 Å². The third-order valence-electron chi connectivity index (χ3n) is 4.02. The van der Waals surface area contributed by atoms with Gasteiger partial charge in [0.2, 0.25) is 0 Å². The number of nitrogens with zero attached hydrogens (tertiary/aromatic N) is 2. The number of carbonyl (C=O) groups is 1. The number of ether oxygens (including phenoxy) is 3. The van der Waals surface area contributed by atoms with E-state index in [4.69, 9.17) is 26.4 Å². The maximum atomic E-state index is 12.2. The van der Waals surface area contributed by atoms with Crippen LogP contribution in [0, 0.1) is 0 Å². The third-order valence-corrected chi connectivity index (χ3v) is 4.22. The quantitative estimate of drug-likeness (QED) is 0.191. The van der Waals surface area contributed by atoms with Gasteiger partial charge in [0.1, 0.15) is 5.75 Å². The lowest BCUT2D eigenvalue weighted by Gasteiger charge is -2.11. The Kier molecular flexibility index (Phi) is 7.50. The van der Waals surface area contributed by atoms with E-state index in [-0.39, 0.29) is 5.75 Å². The third kappa shape index (κ3) is 6.00. The fourth-order valence-corrected chi connectivity index (χ4v) is 2.72. The number of hydrogen-bond donors (Lipinski definition) is 2. The zero-order valence-electron chi connectivity index (χ0n) is 16.9. The van der Waals surface area contributed by atoms with Crippen molar-refractivity contribution < 1.29 is 19.0 Å². The van der Waals surface area contributed by atoms with Gasteiger partial charge in [0.25, 0.3) is 0 Å². The maximum absolute atomic E-state index is 12.2. The van der Waals surface area contributed by atoms with Crippen molar-refractivity contribution in [2.24, 2.45) is 5.10 Å². The number of pyridine rings is 1. The highest BCUT2D eigenvalue weighted by atomic mass is 32.1. The van der Waals surface area contributed by atoms with Crippen molar-refractivity contribution in [3.63, 3.8) is 0 Å². The molecule has 1 heterocycles. The first kappa shape index (κ1) is 21.7. The molecule has 0 aliphatic heterocycles. The molecule has 158 valence electrons. The molecule has 0 amide bonds. The second-order valence-corrected chi connectivity index (χ2v) is 6.47. The fourth-order valence-electron chi connectivity index (χ4n) is 2.55. The Morgan fingerprint density at radius 2 is 1.84 bits per heavy atom. The van der Waals surface area contributed by atoms with Crippen LogP contribution in [0.2, 0.25) is 0 Å². The molecular weight excluding hydrogens is 416 g/mol. The van der Waals surface area contributed by atoms with E-state index >= 15 is 0 Å². The molecule has 1 aromatic heterocycles. The summed E-state index contributed by atoms with van der Waals surface area (Å²) in [4.78, 5) is 16.1. The highest BCUT2D eigenvalue weighted by Crippen LogP contribution is 2.28. The molecule has 0 unspecified atom stereocenters. The minimum absolute atomic E-state index is 0.287. The van der Waals surface area contributed by atoms with Crippen molar-refractivity contribution in [2.75, 3.05) is 19.5 Å². The van der Waals surface area contributed by atoms with E-state index in [9.17, 15) is 4.79 Å². The molecule has 0 spiro atoms. The van der Waals surface area contributed by atoms with Gasteiger partial charge in [0.05, 0.1) is 31.7 Å². The van der Waals surface area contributed by atoms with E-state index < -0.39 is 5.97 Å². The number of rotatable bonds is 7. The summed E-state index contributed by atoms with van der Waals surface area (Å²) < 4.78 is 16.0. The van der Waals surface area contributed by atoms with Gasteiger partial charge in [0, 0.05) is 12.4 Å². The van der Waals surface area contributed by atoms with Gasteiger partial charge in [-0.15, -0.1) is 0 Å². The number of para-hydroxylation sites is 2. The van der Waals surface area contributed by atoms with Crippen LogP contribution >= 0.6 is 12.2 Å². The molecule has 0 saturated heterocycles. The molecule has 3 aromatic rings. The minimum atomic E-state index is -0.526. The van der Waals surface area contributed by atoms with Gasteiger partial charge in [-0.3, -0.25) is 10.4 Å². The summed E-state index contributed by atoms with van der Waals surface area (Å²) in [6.07, 6.45) is 4.58. The van der Waals surface area contributed by atoms with E-state index in [1.807, 2.05) is 24.3 Å². The summed E-state index contributed by atoms with van der Waals surface area (Å²) in [6, 6.07) is 15.7. The summed E-state index contributed by atoms with van der Waals surface area (Å²) in [5.41, 5.74) is 4.52. The molecule has 0 radical (unpaired) electrons. The second kappa shape index (κ2) is 10.7. The van der Waals surface area contributed by atoms with Gasteiger partial charge in [0.15, 0.2) is 16.6 Å². The maximum Gasteiger partial charge on any atom is 0.345 e. The van der Waals surface area contributed by atoms with E-state index in [1.165, 1.54) is 13.3 Å². The number of methoxy groups -OCH3 is 2. The van der Waals surface area contributed by atoms with Crippen molar-refractivity contribution in [3.05, 3.63) is 78.1 Å². The summed E-state index contributed by atoms with van der Waals surface area (Å²) >= 11 is 5.24. The van der Waals surface area contributed by atoms with Gasteiger partial charge in [-0.1, -0.05) is 12.1 Å². The van der Waals surface area contributed by atoms with Crippen LogP contribution in [0.3, 0.4) is 0 Å². The number of nitrogens with one attached hydrogen (secondary N) is 2. The van der Waals surface area contributed by atoms with Crippen LogP contribution in [-0.2, 0) is 0 Å². The lowest BCUT2D eigenvalue weighted by molar-refractivity contribution is 0.0729. The van der Waals surface area contributed by atoms with Gasteiger partial charge in [-0.2, -0.15) is 5.10 Å². The molecule has 2 N–H and O–H groups in total. The van der Waals surface area contributed by atoms with E-state index in [1.54, 1.807) is 49.9 Å². The number of benzene rings is 2. The standard InChI is InChI=1S/C22H20N4O4S/c1-28-18-8-4-3-7-17(18)25-22(31)26-24-13-15-9-10-19(20(12-15)29-2)30-21(27)16-6-5-11-23-14-16/h3-14H,1-2H3,(H2,25,26,31). The van der Waals surface area contributed by atoms with Crippen molar-refractivity contribution >= 4 is 35.2 Å². The van der Waals surface area contributed by atoms with Gasteiger partial charge in [-0.25, -0.2) is 4.79 Å². The largest absolute Gasteiger partial charge is 0.495 e. The molecule has 0 aliphatic rings. The van der Waals surface area contributed by atoms with Crippen molar-refractivity contribution in [1.82, 2.24) is 10.4 Å². The first-order valence-corrected chi connectivity index (χ1v) is 9.55. The lowest BCUT2D eigenvalue weighted by atomic mass is 10.2. The molecular formula is C22H20N4O4S. The van der Waals surface area contributed by atoms with Crippen LogP contribution < -0.4 is 25.0 Å². The lowest BCUT2D eigenvalue weighted by Crippen LogP contribution is -2.24.